The van der Waals surface area contributed by atoms with Crippen LogP contribution in [0.15, 0.2) is 34.9 Å². The first-order valence-electron chi connectivity index (χ1n) is 15.5. The lowest BCUT2D eigenvalue weighted by Gasteiger charge is -2.42. The molecule has 1 aromatic heterocycles. The van der Waals surface area contributed by atoms with E-state index in [2.05, 4.69) is 55.6 Å². The van der Waals surface area contributed by atoms with E-state index in [1.165, 1.54) is 31.3 Å². The highest BCUT2D eigenvalue weighted by Crippen LogP contribution is 2.37. The van der Waals surface area contributed by atoms with Crippen molar-refractivity contribution < 1.29 is 62.2 Å². The number of pyridine rings is 1. The molecule has 0 radical (unpaired) electrons. The van der Waals surface area contributed by atoms with Crippen molar-refractivity contribution in [3.8, 4) is 5.75 Å². The Hall–Kier alpha value is -3.59. The molecule has 5 atom stereocenters. The lowest BCUT2D eigenvalue weighted by atomic mass is 9.94. The quantitative estimate of drug-likeness (QED) is 0.195. The molecule has 51 heavy (non-hydrogen) atoms. The highest BCUT2D eigenvalue weighted by molar-refractivity contribution is 9.10. The van der Waals surface area contributed by atoms with Crippen LogP contribution >= 0.6 is 27.5 Å². The van der Waals surface area contributed by atoms with Gasteiger partial charge in [0.2, 0.25) is 18.1 Å². The van der Waals surface area contributed by atoms with Crippen molar-refractivity contribution >= 4 is 62.7 Å². The Labute approximate surface area is 303 Å². The predicted octanol–water partition coefficient (Wildman–Crippen LogP) is 2.76. The fraction of sp³-hybridized carbons (Fsp3) is 0.516. The summed E-state index contributed by atoms with van der Waals surface area (Å²) in [5, 5.41) is 46.5. The van der Waals surface area contributed by atoms with Gasteiger partial charge in [0.25, 0.3) is 5.91 Å². The number of aliphatic carboxylic acids is 1. The normalized spacial score (nSPS) is 22.7. The third kappa shape index (κ3) is 11.7. The maximum atomic E-state index is 13.6. The summed E-state index contributed by atoms with van der Waals surface area (Å²) >= 11 is 9.32. The summed E-state index contributed by atoms with van der Waals surface area (Å²) in [5.74, 6) is -4.37. The zero-order chi connectivity index (χ0) is 38.2. The summed E-state index contributed by atoms with van der Waals surface area (Å²) in [6.45, 7) is 6.26. The molecule has 3 amide bonds. The number of anilines is 2. The van der Waals surface area contributed by atoms with Crippen LogP contribution in [0.25, 0.3) is 0 Å². The zero-order valence-corrected chi connectivity index (χ0v) is 29.8. The van der Waals surface area contributed by atoms with E-state index in [0.717, 1.165) is 13.1 Å². The van der Waals surface area contributed by atoms with Crippen molar-refractivity contribution in [2.75, 3.05) is 30.3 Å². The predicted molar refractivity (Wildman–Crippen MR) is 179 cm³/mol. The molecule has 2 aliphatic rings. The summed E-state index contributed by atoms with van der Waals surface area (Å²) < 4.78 is 44.0. The number of hydrogen-bond donors (Lipinski definition) is 7. The van der Waals surface area contributed by atoms with Gasteiger partial charge in [0.15, 0.2) is 0 Å². The minimum absolute atomic E-state index is 0.0160. The van der Waals surface area contributed by atoms with Crippen molar-refractivity contribution in [3.05, 3.63) is 45.5 Å². The second-order valence-electron chi connectivity index (χ2n) is 11.9. The van der Waals surface area contributed by atoms with Gasteiger partial charge in [-0.15, -0.1) is 0 Å². The lowest BCUT2D eigenvalue weighted by molar-refractivity contribution is -0.244. The number of carbonyl (C=O) groups excluding carboxylic acids is 3. The number of benzene rings is 1. The number of alkyl halides is 3. The summed E-state index contributed by atoms with van der Waals surface area (Å²) in [5.41, 5.74) is 0.0348. The highest BCUT2D eigenvalue weighted by Gasteiger charge is 2.46. The van der Waals surface area contributed by atoms with Gasteiger partial charge in [-0.3, -0.25) is 14.4 Å². The minimum atomic E-state index is -5.08. The number of hydrogen-bond acceptors (Lipinski definition) is 11. The van der Waals surface area contributed by atoms with E-state index in [-0.39, 0.29) is 34.6 Å². The Kier molecular flexibility index (Phi) is 15.0. The largest absolute Gasteiger partial charge is 0.490 e. The number of rotatable bonds is 9. The number of halogens is 5. The molecule has 2 aliphatic heterocycles. The Morgan fingerprint density at radius 2 is 1.75 bits per heavy atom. The van der Waals surface area contributed by atoms with Crippen molar-refractivity contribution in [2.24, 2.45) is 5.92 Å². The molecule has 0 unspecified atom stereocenters. The molecule has 2 fully saturated rings. The van der Waals surface area contributed by atoms with Crippen molar-refractivity contribution in [1.82, 2.24) is 15.2 Å². The first kappa shape index (κ1) is 41.8. The van der Waals surface area contributed by atoms with Crippen LogP contribution in [0.1, 0.15) is 44.0 Å². The van der Waals surface area contributed by atoms with Crippen molar-refractivity contribution in [1.29, 1.82) is 0 Å². The van der Waals surface area contributed by atoms with Gasteiger partial charge in [-0.25, -0.2) is 9.78 Å². The number of carboxylic acid groups (broad SMARTS) is 1. The van der Waals surface area contributed by atoms with Gasteiger partial charge in [-0.2, -0.15) is 13.2 Å². The number of aromatic nitrogens is 1. The number of aliphatic hydroxyl groups is 3. The highest BCUT2D eigenvalue weighted by atomic mass is 79.9. The van der Waals surface area contributed by atoms with Gasteiger partial charge in [0.1, 0.15) is 35.9 Å². The number of piperidine rings is 1. The number of carboxylic acids is 1. The van der Waals surface area contributed by atoms with E-state index in [0.29, 0.717) is 28.4 Å². The molecule has 0 saturated carbocycles. The fourth-order valence-corrected chi connectivity index (χ4v) is 5.76. The number of aliphatic hydroxyl groups excluding tert-OH is 3. The van der Waals surface area contributed by atoms with E-state index in [1.54, 1.807) is 6.07 Å². The van der Waals surface area contributed by atoms with Gasteiger partial charge in [-0.1, -0.05) is 27.5 Å². The van der Waals surface area contributed by atoms with Crippen LogP contribution in [0.4, 0.5) is 24.7 Å². The second kappa shape index (κ2) is 18.3. The van der Waals surface area contributed by atoms with Gasteiger partial charge < -0.3 is 50.8 Å². The van der Waals surface area contributed by atoms with E-state index in [1.807, 2.05) is 0 Å². The summed E-state index contributed by atoms with van der Waals surface area (Å²) in [6, 6.07) is 5.16. The second-order valence-corrected chi connectivity index (χ2v) is 13.2. The number of amides is 3. The van der Waals surface area contributed by atoms with Crippen LogP contribution in [0.3, 0.4) is 0 Å². The van der Waals surface area contributed by atoms with Crippen LogP contribution in [-0.4, -0.2) is 117 Å². The van der Waals surface area contributed by atoms with E-state index < -0.39 is 61.2 Å². The monoisotopic (exact) mass is 811 g/mol. The van der Waals surface area contributed by atoms with Gasteiger partial charge in [0, 0.05) is 29.6 Å². The Balaban J connectivity index is 0.000000908. The van der Waals surface area contributed by atoms with Crippen LogP contribution < -0.4 is 20.7 Å². The van der Waals surface area contributed by atoms with Crippen LogP contribution in [-0.2, 0) is 19.1 Å². The Bertz CT molecular complexity index is 1550. The first-order chi connectivity index (χ1) is 23.8. The molecular weight excluding hydrogens is 775 g/mol. The molecule has 2 aromatic rings. The average molecular weight is 813 g/mol. The molecule has 0 bridgehead atoms. The Morgan fingerprint density at radius 1 is 1.12 bits per heavy atom. The third-order valence-corrected chi connectivity index (χ3v) is 8.58. The minimum Gasteiger partial charge on any atom is -0.475 e. The first-order valence-corrected chi connectivity index (χ1v) is 16.7. The maximum absolute atomic E-state index is 13.6. The lowest BCUT2D eigenvalue weighted by Crippen LogP contribution is -2.65. The topological polar surface area (TPSA) is 220 Å². The zero-order valence-electron chi connectivity index (χ0n) is 27.5. The molecule has 4 rings (SSSR count). The number of nitrogens with one attached hydrogen (secondary N) is 3. The van der Waals surface area contributed by atoms with Gasteiger partial charge >= 0.3 is 12.1 Å². The molecule has 282 valence electrons. The maximum Gasteiger partial charge on any atom is 0.490 e. The fourth-order valence-electron chi connectivity index (χ4n) is 5.22. The molecule has 15 nitrogen and oxygen atoms in total. The molecule has 0 aliphatic carbocycles. The van der Waals surface area contributed by atoms with E-state index >= 15 is 0 Å². The van der Waals surface area contributed by atoms with Crippen LogP contribution in [0, 0.1) is 5.92 Å². The molecule has 3 heterocycles. The third-order valence-electron chi connectivity index (χ3n) is 7.90. The molecule has 2 saturated heterocycles. The number of ether oxygens (including phenoxy) is 2. The van der Waals surface area contributed by atoms with Crippen LogP contribution in [0.5, 0.6) is 5.75 Å². The molecule has 1 aromatic carbocycles. The van der Waals surface area contributed by atoms with Gasteiger partial charge in [-0.05, 0) is 64.0 Å². The van der Waals surface area contributed by atoms with Crippen molar-refractivity contribution in [3.63, 3.8) is 0 Å². The average Bonchev–Trinajstić information content (AvgIpc) is 3.06. The number of nitrogens with zero attached hydrogens (tertiary/aromatic N) is 2. The van der Waals surface area contributed by atoms with Gasteiger partial charge in [0.05, 0.1) is 22.9 Å². The van der Waals surface area contributed by atoms with Crippen LogP contribution in [0.2, 0.25) is 5.02 Å². The van der Waals surface area contributed by atoms with E-state index in [9.17, 15) is 42.9 Å². The Morgan fingerprint density at radius 3 is 2.25 bits per heavy atom. The summed E-state index contributed by atoms with van der Waals surface area (Å²) in [4.78, 5) is 54.4. The summed E-state index contributed by atoms with van der Waals surface area (Å²) in [6.07, 6.45) is -8.23. The molecule has 0 spiro atoms. The number of likely N-dealkylation sites (tertiary alicyclic amines) is 1. The summed E-state index contributed by atoms with van der Waals surface area (Å²) in [7, 11) is 0. The smallest absolute Gasteiger partial charge is 0.475 e. The van der Waals surface area contributed by atoms with Crippen molar-refractivity contribution in [2.45, 2.75) is 76.5 Å². The molecule has 7 N–H and O–H groups in total. The molecule has 20 heteroatoms. The molecular formula is C31H38BrClF3N5O10. The number of carbonyl (C=O) groups is 4. The SMILES string of the molecule is CC(=O)N[C@H]1[C@H](Oc2cc(Br)cc(C(=O)Nc3ccc(Cl)cn3)c2NC(=O)C2CCN(C(C)C)CC2)O[C@H](CO)[C@@H](O)[C@@H]1O.O=C(O)C(F)(F)F. The standard InChI is InChI=1S/C29H37BrClN5O8.C2HF3O2/c1-14(2)36-8-6-16(7-9-36)27(41)35-23-19(28(42)34-22-5-4-18(31)12-32-22)10-17(30)11-20(23)43-29-24(33-15(3)38)26(40)25(39)21(13-37)44-29;3-2(4,5)1(6)7/h4-5,10-12,14,16,21,24-26,29,37,39-40H,6-9,13H2,1-3H3,(H,33,38)(H,35,41)(H,32,34,42);(H,6,7)/t21-,24-,25-,26-,29-;/m1./s1. The van der Waals surface area contributed by atoms with E-state index in [4.69, 9.17) is 31.0 Å².